The molecule has 0 radical (unpaired) electrons. The summed E-state index contributed by atoms with van der Waals surface area (Å²) in [5, 5.41) is 2.91. The smallest absolute Gasteiger partial charge is 0.289 e. The number of nitrogens with one attached hydrogen (secondary N) is 1. The molecule has 1 N–H and O–H groups in total. The van der Waals surface area contributed by atoms with E-state index in [-0.39, 0.29) is 17.9 Å². The van der Waals surface area contributed by atoms with Crippen LogP contribution in [0.15, 0.2) is 47.1 Å². The SMILES string of the molecule is COc1ccccc1NC(=O)C(C)N1CCN(C(=O)c2ccco2)CC1. The molecular formula is C19H23N3O4. The molecule has 1 aromatic carbocycles. The maximum atomic E-state index is 12.6. The van der Waals surface area contributed by atoms with E-state index in [1.54, 1.807) is 30.2 Å². The molecular weight excluding hydrogens is 334 g/mol. The minimum Gasteiger partial charge on any atom is -0.495 e. The van der Waals surface area contributed by atoms with Crippen molar-refractivity contribution in [1.82, 2.24) is 9.80 Å². The number of hydrogen-bond donors (Lipinski definition) is 1. The highest BCUT2D eigenvalue weighted by Crippen LogP contribution is 2.23. The maximum Gasteiger partial charge on any atom is 0.289 e. The summed E-state index contributed by atoms with van der Waals surface area (Å²) in [6, 6.07) is 10.4. The highest BCUT2D eigenvalue weighted by atomic mass is 16.5. The summed E-state index contributed by atoms with van der Waals surface area (Å²) in [7, 11) is 1.57. The minimum atomic E-state index is -0.305. The van der Waals surface area contributed by atoms with Gasteiger partial charge < -0.3 is 19.4 Å². The van der Waals surface area contributed by atoms with Crippen molar-refractivity contribution >= 4 is 17.5 Å². The second kappa shape index (κ2) is 8.05. The fourth-order valence-corrected chi connectivity index (χ4v) is 3.02. The third kappa shape index (κ3) is 3.88. The van der Waals surface area contributed by atoms with Gasteiger partial charge >= 0.3 is 0 Å². The number of ether oxygens (including phenoxy) is 1. The topological polar surface area (TPSA) is 75.0 Å². The number of rotatable bonds is 5. The van der Waals surface area contributed by atoms with Gasteiger partial charge in [-0.3, -0.25) is 14.5 Å². The predicted molar refractivity (Wildman–Crippen MR) is 97.3 cm³/mol. The van der Waals surface area contributed by atoms with Crippen molar-refractivity contribution < 1.29 is 18.7 Å². The lowest BCUT2D eigenvalue weighted by Crippen LogP contribution is -2.54. The molecule has 138 valence electrons. The lowest BCUT2D eigenvalue weighted by molar-refractivity contribution is -0.121. The molecule has 2 aromatic rings. The van der Waals surface area contributed by atoms with Gasteiger partial charge in [0, 0.05) is 26.2 Å². The highest BCUT2D eigenvalue weighted by molar-refractivity contribution is 5.96. The average Bonchev–Trinajstić information content (AvgIpc) is 3.22. The van der Waals surface area contributed by atoms with E-state index in [1.165, 1.54) is 6.26 Å². The lowest BCUT2D eigenvalue weighted by Gasteiger charge is -2.37. The average molecular weight is 357 g/mol. The van der Waals surface area contributed by atoms with Gasteiger partial charge in [0.25, 0.3) is 5.91 Å². The zero-order valence-corrected chi connectivity index (χ0v) is 15.0. The Kier molecular flexibility index (Phi) is 5.58. The maximum absolute atomic E-state index is 12.6. The Labute approximate surface area is 152 Å². The zero-order valence-electron chi connectivity index (χ0n) is 15.0. The second-order valence-corrected chi connectivity index (χ2v) is 6.17. The standard InChI is InChI=1S/C19H23N3O4/c1-14(18(23)20-15-6-3-4-7-16(15)25-2)21-9-11-22(12-10-21)19(24)17-8-5-13-26-17/h3-8,13-14H,9-12H2,1-2H3,(H,20,23). The molecule has 2 amide bonds. The van der Waals surface area contributed by atoms with Crippen molar-refractivity contribution in [1.29, 1.82) is 0 Å². The Bertz CT molecular complexity index is 752. The Balaban J connectivity index is 1.55. The Morgan fingerprint density at radius 3 is 2.50 bits per heavy atom. The predicted octanol–water partition coefficient (Wildman–Crippen LogP) is 2.07. The van der Waals surface area contributed by atoms with Gasteiger partial charge in [-0.1, -0.05) is 12.1 Å². The number of piperazine rings is 1. The highest BCUT2D eigenvalue weighted by Gasteiger charge is 2.29. The van der Waals surface area contributed by atoms with E-state index in [9.17, 15) is 9.59 Å². The second-order valence-electron chi connectivity index (χ2n) is 6.17. The van der Waals surface area contributed by atoms with Crippen LogP contribution in [0.25, 0.3) is 0 Å². The monoisotopic (exact) mass is 357 g/mol. The van der Waals surface area contributed by atoms with E-state index in [2.05, 4.69) is 10.2 Å². The molecule has 3 rings (SSSR count). The Morgan fingerprint density at radius 1 is 1.12 bits per heavy atom. The third-order valence-corrected chi connectivity index (χ3v) is 4.63. The van der Waals surface area contributed by atoms with E-state index in [1.807, 2.05) is 25.1 Å². The molecule has 0 spiro atoms. The van der Waals surface area contributed by atoms with E-state index in [0.717, 1.165) is 0 Å². The quantitative estimate of drug-likeness (QED) is 0.887. The van der Waals surface area contributed by atoms with Gasteiger partial charge in [0.05, 0.1) is 25.1 Å². The van der Waals surface area contributed by atoms with Gasteiger partial charge in [0.15, 0.2) is 5.76 Å². The Morgan fingerprint density at radius 2 is 1.85 bits per heavy atom. The van der Waals surface area contributed by atoms with Crippen LogP contribution < -0.4 is 10.1 Å². The summed E-state index contributed by atoms with van der Waals surface area (Å²) >= 11 is 0. The largest absolute Gasteiger partial charge is 0.495 e. The molecule has 0 saturated carbocycles. The molecule has 0 bridgehead atoms. The van der Waals surface area contributed by atoms with Crippen LogP contribution in [-0.2, 0) is 4.79 Å². The molecule has 2 heterocycles. The first kappa shape index (κ1) is 18.0. The molecule has 0 aliphatic carbocycles. The number of amides is 2. The van der Waals surface area contributed by atoms with E-state index in [0.29, 0.717) is 43.4 Å². The first-order chi connectivity index (χ1) is 12.6. The summed E-state index contributed by atoms with van der Waals surface area (Å²) in [5.41, 5.74) is 0.651. The molecule has 1 unspecified atom stereocenters. The van der Waals surface area contributed by atoms with Crippen LogP contribution in [-0.4, -0.2) is 60.9 Å². The summed E-state index contributed by atoms with van der Waals surface area (Å²) in [6.07, 6.45) is 1.49. The number of hydrogen-bond acceptors (Lipinski definition) is 5. The van der Waals surface area contributed by atoms with Crippen LogP contribution in [0.1, 0.15) is 17.5 Å². The number of methoxy groups -OCH3 is 1. The van der Waals surface area contributed by atoms with Crippen molar-refractivity contribution in [3.63, 3.8) is 0 Å². The number of anilines is 1. The van der Waals surface area contributed by atoms with Gasteiger partial charge in [-0.2, -0.15) is 0 Å². The van der Waals surface area contributed by atoms with Gasteiger partial charge in [-0.05, 0) is 31.2 Å². The molecule has 1 aromatic heterocycles. The van der Waals surface area contributed by atoms with Crippen LogP contribution in [0.3, 0.4) is 0 Å². The third-order valence-electron chi connectivity index (χ3n) is 4.63. The van der Waals surface area contributed by atoms with Gasteiger partial charge in [-0.15, -0.1) is 0 Å². The fraction of sp³-hybridized carbons (Fsp3) is 0.368. The molecule has 1 aliphatic heterocycles. The molecule has 1 saturated heterocycles. The summed E-state index contributed by atoms with van der Waals surface area (Å²) < 4.78 is 10.4. The first-order valence-electron chi connectivity index (χ1n) is 8.61. The summed E-state index contributed by atoms with van der Waals surface area (Å²) in [5.74, 6) is 0.767. The number of benzene rings is 1. The molecule has 26 heavy (non-hydrogen) atoms. The molecule has 7 nitrogen and oxygen atoms in total. The number of nitrogens with zero attached hydrogens (tertiary/aromatic N) is 2. The van der Waals surface area contributed by atoms with E-state index in [4.69, 9.17) is 9.15 Å². The number of para-hydroxylation sites is 2. The van der Waals surface area contributed by atoms with Crippen LogP contribution in [0.5, 0.6) is 5.75 Å². The first-order valence-corrected chi connectivity index (χ1v) is 8.61. The van der Waals surface area contributed by atoms with Crippen molar-refractivity contribution in [2.45, 2.75) is 13.0 Å². The van der Waals surface area contributed by atoms with Gasteiger partial charge in [0.1, 0.15) is 5.75 Å². The van der Waals surface area contributed by atoms with Crippen LogP contribution in [0.2, 0.25) is 0 Å². The molecule has 1 atom stereocenters. The number of furan rings is 1. The normalized spacial score (nSPS) is 16.2. The summed E-state index contributed by atoms with van der Waals surface area (Å²) in [6.45, 7) is 4.26. The summed E-state index contributed by atoms with van der Waals surface area (Å²) in [4.78, 5) is 28.7. The van der Waals surface area contributed by atoms with Crippen LogP contribution in [0.4, 0.5) is 5.69 Å². The molecule has 1 aliphatic rings. The lowest BCUT2D eigenvalue weighted by atomic mass is 10.2. The number of carbonyl (C=O) groups excluding carboxylic acids is 2. The van der Waals surface area contributed by atoms with E-state index >= 15 is 0 Å². The number of carbonyl (C=O) groups is 2. The van der Waals surface area contributed by atoms with Crippen LogP contribution >= 0.6 is 0 Å². The minimum absolute atomic E-state index is 0.0969. The van der Waals surface area contributed by atoms with Crippen molar-refractivity contribution in [2.24, 2.45) is 0 Å². The Hall–Kier alpha value is -2.80. The van der Waals surface area contributed by atoms with Gasteiger partial charge in [-0.25, -0.2) is 0 Å². The fourth-order valence-electron chi connectivity index (χ4n) is 3.02. The van der Waals surface area contributed by atoms with E-state index < -0.39 is 0 Å². The van der Waals surface area contributed by atoms with Crippen LogP contribution in [0, 0.1) is 0 Å². The molecule has 7 heteroatoms. The van der Waals surface area contributed by atoms with Crippen molar-refractivity contribution in [3.05, 3.63) is 48.4 Å². The van der Waals surface area contributed by atoms with Crippen molar-refractivity contribution in [3.8, 4) is 5.75 Å². The molecule has 1 fully saturated rings. The van der Waals surface area contributed by atoms with Gasteiger partial charge in [0.2, 0.25) is 5.91 Å². The van der Waals surface area contributed by atoms with Crippen molar-refractivity contribution in [2.75, 3.05) is 38.6 Å². The zero-order chi connectivity index (χ0) is 18.5.